The third-order valence-corrected chi connectivity index (χ3v) is 8.26. The standard InChI is InChI=1S/C31H35ClN6O2.2C2HF3O2/c1-20(26-17-34-27-7-5-4-6-25(26)27)29(36-31(40)35-16-21-10-12-33-13-11-21)30(39)38-19-22(18-37(2)3)14-23-15-24(32)8-9-28(23)38;2*3-2(4,5)1(6)7/h4-13,15,17,20,22,29,34H,14,16,18-19H2,1-3H3,(H2,35,36,40);2*(H,6,7)/t20?,22-,29?;;/m1../s1. The molecule has 0 saturated carbocycles. The van der Waals surface area contributed by atoms with E-state index in [0.717, 1.165) is 46.2 Å². The summed E-state index contributed by atoms with van der Waals surface area (Å²) in [4.78, 5) is 56.8. The van der Waals surface area contributed by atoms with Crippen LogP contribution in [-0.4, -0.2) is 94.5 Å². The Morgan fingerprint density at radius 3 is 2.15 bits per heavy atom. The molecule has 5 N–H and O–H groups in total. The Kier molecular flexibility index (Phi) is 14.8. The molecule has 5 rings (SSSR count). The number of pyridine rings is 1. The van der Waals surface area contributed by atoms with Gasteiger partial charge >= 0.3 is 30.3 Å². The number of carboxylic acids is 2. The van der Waals surface area contributed by atoms with Crippen molar-refractivity contribution in [2.75, 3.05) is 32.1 Å². The van der Waals surface area contributed by atoms with E-state index in [1.165, 1.54) is 0 Å². The predicted octanol–water partition coefficient (Wildman–Crippen LogP) is 6.22. The van der Waals surface area contributed by atoms with Gasteiger partial charge in [0.2, 0.25) is 5.91 Å². The van der Waals surface area contributed by atoms with Gasteiger partial charge in [0, 0.05) is 65.8 Å². The van der Waals surface area contributed by atoms with Gasteiger partial charge in [-0.3, -0.25) is 9.78 Å². The van der Waals surface area contributed by atoms with Crippen LogP contribution >= 0.6 is 11.6 Å². The second-order valence-corrected chi connectivity index (χ2v) is 12.8. The number of para-hydroxylation sites is 1. The van der Waals surface area contributed by atoms with Crippen molar-refractivity contribution in [2.45, 2.75) is 44.2 Å². The molecule has 292 valence electrons. The molecule has 2 unspecified atom stereocenters. The van der Waals surface area contributed by atoms with Crippen LogP contribution in [0.5, 0.6) is 0 Å². The molecule has 4 aromatic rings. The number of H-pyrrole nitrogens is 1. The van der Waals surface area contributed by atoms with Crippen molar-refractivity contribution in [3.05, 3.63) is 94.9 Å². The number of nitrogens with one attached hydrogen (secondary N) is 3. The number of fused-ring (bicyclic) bond motifs is 2. The van der Waals surface area contributed by atoms with Crippen molar-refractivity contribution in [1.29, 1.82) is 0 Å². The van der Waals surface area contributed by atoms with E-state index in [1.54, 1.807) is 12.4 Å². The second-order valence-electron chi connectivity index (χ2n) is 12.4. The Morgan fingerprint density at radius 2 is 1.57 bits per heavy atom. The van der Waals surface area contributed by atoms with E-state index in [4.69, 9.17) is 31.4 Å². The van der Waals surface area contributed by atoms with Crippen molar-refractivity contribution in [2.24, 2.45) is 5.92 Å². The van der Waals surface area contributed by atoms with Crippen LogP contribution in [0.1, 0.15) is 29.5 Å². The summed E-state index contributed by atoms with van der Waals surface area (Å²) in [5.74, 6) is -5.74. The maximum Gasteiger partial charge on any atom is 0.490 e. The molecule has 0 fully saturated rings. The number of rotatable bonds is 8. The summed E-state index contributed by atoms with van der Waals surface area (Å²) in [7, 11) is 4.08. The molecule has 3 atom stereocenters. The molecule has 1 aliphatic heterocycles. The average molecular weight is 787 g/mol. The maximum absolute atomic E-state index is 14.5. The van der Waals surface area contributed by atoms with Crippen molar-refractivity contribution in [3.63, 3.8) is 0 Å². The lowest BCUT2D eigenvalue weighted by Gasteiger charge is -2.38. The second kappa shape index (κ2) is 18.6. The third kappa shape index (κ3) is 12.4. The molecule has 2 aromatic heterocycles. The van der Waals surface area contributed by atoms with E-state index in [-0.39, 0.29) is 17.7 Å². The topological polar surface area (TPSA) is 168 Å². The summed E-state index contributed by atoms with van der Waals surface area (Å²) in [6.07, 6.45) is -4.03. The van der Waals surface area contributed by atoms with Gasteiger partial charge in [0.1, 0.15) is 6.04 Å². The number of anilines is 1. The Labute approximate surface area is 310 Å². The zero-order chi connectivity index (χ0) is 40.4. The number of carbonyl (C=O) groups excluding carboxylic acids is 2. The first-order chi connectivity index (χ1) is 25.2. The summed E-state index contributed by atoms with van der Waals surface area (Å²) in [6.45, 7) is 3.71. The normalized spacial score (nSPS) is 15.1. The van der Waals surface area contributed by atoms with Crippen LogP contribution < -0.4 is 15.5 Å². The summed E-state index contributed by atoms with van der Waals surface area (Å²) in [5.41, 5.74) is 4.77. The predicted molar refractivity (Wildman–Crippen MR) is 187 cm³/mol. The van der Waals surface area contributed by atoms with Gasteiger partial charge in [-0.2, -0.15) is 26.3 Å². The van der Waals surface area contributed by atoms with Crippen LogP contribution in [-0.2, 0) is 27.3 Å². The molecule has 19 heteroatoms. The Bertz CT molecular complexity index is 1880. The van der Waals surface area contributed by atoms with E-state index >= 15 is 0 Å². The molecule has 0 spiro atoms. The van der Waals surface area contributed by atoms with E-state index in [0.29, 0.717) is 18.1 Å². The van der Waals surface area contributed by atoms with E-state index in [1.807, 2.05) is 86.7 Å². The number of aliphatic carboxylic acids is 2. The number of benzene rings is 2. The highest BCUT2D eigenvalue weighted by molar-refractivity contribution is 6.30. The number of nitrogens with zero attached hydrogens (tertiary/aromatic N) is 3. The Hall–Kier alpha value is -5.36. The van der Waals surface area contributed by atoms with Crippen LogP contribution in [0.2, 0.25) is 5.02 Å². The number of hydrogen-bond donors (Lipinski definition) is 5. The molecular formula is C35H37ClF6N6O6. The van der Waals surface area contributed by atoms with Crippen molar-refractivity contribution in [3.8, 4) is 0 Å². The van der Waals surface area contributed by atoms with Gasteiger partial charge in [0.25, 0.3) is 0 Å². The van der Waals surface area contributed by atoms with Crippen LogP contribution in [0, 0.1) is 5.92 Å². The number of carboxylic acid groups (broad SMARTS) is 2. The fourth-order valence-electron chi connectivity index (χ4n) is 5.65. The smallest absolute Gasteiger partial charge is 0.475 e. The summed E-state index contributed by atoms with van der Waals surface area (Å²) in [5, 5.41) is 21.9. The molecular weight excluding hydrogens is 750 g/mol. The number of aromatic amines is 1. The molecule has 3 heterocycles. The fraction of sp³-hybridized carbons (Fsp3) is 0.343. The van der Waals surface area contributed by atoms with E-state index in [2.05, 4.69) is 25.5 Å². The number of alkyl halides is 6. The maximum atomic E-state index is 14.5. The number of halogens is 7. The average Bonchev–Trinajstić information content (AvgIpc) is 3.53. The van der Waals surface area contributed by atoms with Gasteiger partial charge < -0.3 is 35.6 Å². The van der Waals surface area contributed by atoms with Crippen molar-refractivity contribution in [1.82, 2.24) is 25.5 Å². The number of amides is 3. The zero-order valence-electron chi connectivity index (χ0n) is 29.0. The highest BCUT2D eigenvalue weighted by Crippen LogP contribution is 2.35. The number of carbonyl (C=O) groups is 4. The number of urea groups is 1. The van der Waals surface area contributed by atoms with Crippen molar-refractivity contribution >= 4 is 52.1 Å². The van der Waals surface area contributed by atoms with Gasteiger partial charge in [-0.1, -0.05) is 36.7 Å². The molecule has 0 bridgehead atoms. The quantitative estimate of drug-likeness (QED) is 0.131. The number of hydrogen-bond acceptors (Lipinski definition) is 6. The van der Waals surface area contributed by atoms with Crippen LogP contribution in [0.3, 0.4) is 0 Å². The SMILES string of the molecule is CC(c1c[nH]c2ccccc12)C(NC(=O)NCc1ccncc1)C(=O)N1C[C@@H](CN(C)C)Cc2cc(Cl)ccc21.O=C(O)C(F)(F)F.O=C(O)C(F)(F)F. The lowest BCUT2D eigenvalue weighted by Crippen LogP contribution is -2.55. The molecule has 0 radical (unpaired) electrons. The minimum atomic E-state index is -5.08. The highest BCUT2D eigenvalue weighted by atomic mass is 35.5. The lowest BCUT2D eigenvalue weighted by atomic mass is 9.88. The zero-order valence-corrected chi connectivity index (χ0v) is 29.8. The molecule has 54 heavy (non-hydrogen) atoms. The molecule has 3 amide bonds. The third-order valence-electron chi connectivity index (χ3n) is 8.02. The largest absolute Gasteiger partial charge is 0.490 e. The van der Waals surface area contributed by atoms with Crippen LogP contribution in [0.4, 0.5) is 36.8 Å². The summed E-state index contributed by atoms with van der Waals surface area (Å²) < 4.78 is 63.5. The van der Waals surface area contributed by atoms with Gasteiger partial charge in [-0.25, -0.2) is 14.4 Å². The molecule has 1 aliphatic rings. The first-order valence-electron chi connectivity index (χ1n) is 16.0. The van der Waals surface area contributed by atoms with Crippen LogP contribution in [0.15, 0.2) is 73.2 Å². The van der Waals surface area contributed by atoms with Gasteiger partial charge in [0.05, 0.1) is 0 Å². The first kappa shape index (κ1) is 43.0. The fourth-order valence-corrected chi connectivity index (χ4v) is 5.85. The summed E-state index contributed by atoms with van der Waals surface area (Å²) >= 11 is 6.36. The summed E-state index contributed by atoms with van der Waals surface area (Å²) in [6, 6.07) is 16.2. The van der Waals surface area contributed by atoms with Crippen LogP contribution in [0.25, 0.3) is 10.9 Å². The molecule has 2 aromatic carbocycles. The molecule has 12 nitrogen and oxygen atoms in total. The van der Waals surface area contributed by atoms with E-state index in [9.17, 15) is 35.9 Å². The Morgan fingerprint density at radius 1 is 0.981 bits per heavy atom. The lowest BCUT2D eigenvalue weighted by molar-refractivity contribution is -0.193. The molecule has 0 saturated heterocycles. The highest BCUT2D eigenvalue weighted by Gasteiger charge is 2.39. The minimum Gasteiger partial charge on any atom is -0.475 e. The monoisotopic (exact) mass is 786 g/mol. The van der Waals surface area contributed by atoms with Gasteiger partial charge in [-0.15, -0.1) is 0 Å². The van der Waals surface area contributed by atoms with E-state index < -0.39 is 36.4 Å². The van der Waals surface area contributed by atoms with Crippen molar-refractivity contribution < 1.29 is 55.7 Å². The number of aromatic nitrogens is 2. The van der Waals surface area contributed by atoms with Gasteiger partial charge in [0.15, 0.2) is 0 Å². The first-order valence-corrected chi connectivity index (χ1v) is 16.4. The Balaban J connectivity index is 0.000000476. The molecule has 0 aliphatic carbocycles. The van der Waals surface area contributed by atoms with Gasteiger partial charge in [-0.05, 0) is 79.5 Å². The minimum absolute atomic E-state index is 0.149.